The maximum atomic E-state index is 10.3. The summed E-state index contributed by atoms with van der Waals surface area (Å²) in [4.78, 5) is 0. The second kappa shape index (κ2) is 1.89. The SMILES string of the molecule is CC1(C)[C@H]2CC[C@@]1(C)[C@@](C)(O)C2. The van der Waals surface area contributed by atoms with E-state index in [1.807, 2.05) is 6.92 Å². The van der Waals surface area contributed by atoms with E-state index in [4.69, 9.17) is 0 Å². The molecule has 0 spiro atoms. The minimum absolute atomic E-state index is 0.157. The highest BCUT2D eigenvalue weighted by molar-refractivity contribution is 5.16. The van der Waals surface area contributed by atoms with E-state index in [9.17, 15) is 5.11 Å². The summed E-state index contributed by atoms with van der Waals surface area (Å²) in [6.45, 7) is 8.94. The van der Waals surface area contributed by atoms with Crippen LogP contribution >= 0.6 is 0 Å². The van der Waals surface area contributed by atoms with Gasteiger partial charge in [0.2, 0.25) is 0 Å². The Morgan fingerprint density at radius 3 is 1.92 bits per heavy atom. The molecule has 70 valence electrons. The fourth-order valence-electron chi connectivity index (χ4n) is 3.62. The number of rotatable bonds is 0. The Balaban J connectivity index is 2.47. The molecule has 0 unspecified atom stereocenters. The predicted molar refractivity (Wildman–Crippen MR) is 49.9 cm³/mol. The average Bonchev–Trinajstić information content (AvgIpc) is 2.18. The third kappa shape index (κ3) is 0.654. The minimum atomic E-state index is -0.417. The van der Waals surface area contributed by atoms with Crippen molar-refractivity contribution in [2.24, 2.45) is 16.7 Å². The van der Waals surface area contributed by atoms with Gasteiger partial charge in [0, 0.05) is 5.41 Å². The summed E-state index contributed by atoms with van der Waals surface area (Å²) in [7, 11) is 0. The lowest BCUT2D eigenvalue weighted by Crippen LogP contribution is -2.44. The maximum Gasteiger partial charge on any atom is 0.0681 e. The molecule has 2 bridgehead atoms. The van der Waals surface area contributed by atoms with Crippen molar-refractivity contribution in [3.8, 4) is 0 Å². The fraction of sp³-hybridized carbons (Fsp3) is 1.00. The van der Waals surface area contributed by atoms with E-state index in [2.05, 4.69) is 20.8 Å². The molecule has 0 aromatic heterocycles. The lowest BCUT2D eigenvalue weighted by molar-refractivity contribution is -0.0745. The zero-order valence-corrected chi connectivity index (χ0v) is 8.65. The van der Waals surface area contributed by atoms with Gasteiger partial charge in [-0.15, -0.1) is 0 Å². The summed E-state index contributed by atoms with van der Waals surface area (Å²) in [5.74, 6) is 0.748. The molecule has 2 saturated carbocycles. The quantitative estimate of drug-likeness (QED) is 0.589. The van der Waals surface area contributed by atoms with Gasteiger partial charge >= 0.3 is 0 Å². The Morgan fingerprint density at radius 2 is 1.75 bits per heavy atom. The van der Waals surface area contributed by atoms with E-state index >= 15 is 0 Å². The smallest absolute Gasteiger partial charge is 0.0681 e. The minimum Gasteiger partial charge on any atom is -0.390 e. The summed E-state index contributed by atoms with van der Waals surface area (Å²) < 4.78 is 0. The van der Waals surface area contributed by atoms with Crippen molar-refractivity contribution in [2.45, 2.75) is 52.6 Å². The van der Waals surface area contributed by atoms with Crippen LogP contribution in [0.5, 0.6) is 0 Å². The lowest BCUT2D eigenvalue weighted by atomic mass is 9.65. The first-order valence-corrected chi connectivity index (χ1v) is 5.04. The van der Waals surface area contributed by atoms with Gasteiger partial charge in [-0.1, -0.05) is 20.8 Å². The van der Waals surface area contributed by atoms with E-state index in [1.54, 1.807) is 0 Å². The second-order valence-electron chi connectivity index (χ2n) is 5.77. The van der Waals surface area contributed by atoms with Crippen LogP contribution in [0.2, 0.25) is 0 Å². The first kappa shape index (κ1) is 8.55. The van der Waals surface area contributed by atoms with E-state index in [0.717, 1.165) is 12.3 Å². The van der Waals surface area contributed by atoms with Crippen LogP contribution in [0.25, 0.3) is 0 Å². The largest absolute Gasteiger partial charge is 0.390 e. The molecular weight excluding hydrogens is 148 g/mol. The van der Waals surface area contributed by atoms with Crippen LogP contribution in [-0.2, 0) is 0 Å². The highest BCUT2D eigenvalue weighted by Crippen LogP contribution is 2.69. The molecule has 0 radical (unpaired) electrons. The Morgan fingerprint density at radius 1 is 1.17 bits per heavy atom. The van der Waals surface area contributed by atoms with Crippen molar-refractivity contribution in [3.63, 3.8) is 0 Å². The standard InChI is InChI=1S/C11H20O/c1-9(2)8-5-6-10(9,3)11(4,12)7-8/h8,12H,5-7H2,1-4H3/t8-,10+,11-/m0/s1. The molecule has 1 N–H and O–H groups in total. The van der Waals surface area contributed by atoms with Gasteiger partial charge in [-0.3, -0.25) is 0 Å². The Hall–Kier alpha value is -0.0400. The molecule has 2 aliphatic carbocycles. The van der Waals surface area contributed by atoms with Crippen LogP contribution in [0, 0.1) is 16.7 Å². The highest BCUT2D eigenvalue weighted by atomic mass is 16.3. The summed E-state index contributed by atoms with van der Waals surface area (Å²) in [6, 6.07) is 0. The van der Waals surface area contributed by atoms with Crippen molar-refractivity contribution >= 4 is 0 Å². The topological polar surface area (TPSA) is 20.2 Å². The van der Waals surface area contributed by atoms with Crippen LogP contribution in [0.1, 0.15) is 47.0 Å². The number of fused-ring (bicyclic) bond motifs is 2. The molecule has 2 rings (SSSR count). The van der Waals surface area contributed by atoms with Gasteiger partial charge in [0.05, 0.1) is 5.60 Å². The number of hydrogen-bond donors (Lipinski definition) is 1. The average molecular weight is 168 g/mol. The van der Waals surface area contributed by atoms with Gasteiger partial charge in [0.25, 0.3) is 0 Å². The second-order valence-corrected chi connectivity index (χ2v) is 5.77. The normalized spacial score (nSPS) is 56.2. The molecule has 0 heterocycles. The van der Waals surface area contributed by atoms with Crippen molar-refractivity contribution < 1.29 is 5.11 Å². The van der Waals surface area contributed by atoms with Gasteiger partial charge in [0.1, 0.15) is 0 Å². The molecule has 0 aromatic rings. The van der Waals surface area contributed by atoms with Crippen LogP contribution in [0.15, 0.2) is 0 Å². The molecule has 0 aliphatic heterocycles. The number of aliphatic hydroxyl groups is 1. The zero-order chi connectivity index (χ0) is 9.20. The Bertz CT molecular complexity index is 217. The zero-order valence-electron chi connectivity index (χ0n) is 8.65. The summed E-state index contributed by atoms with van der Waals surface area (Å²) >= 11 is 0. The van der Waals surface area contributed by atoms with Gasteiger partial charge < -0.3 is 5.11 Å². The van der Waals surface area contributed by atoms with Gasteiger partial charge in [-0.05, 0) is 37.5 Å². The van der Waals surface area contributed by atoms with E-state index in [-0.39, 0.29) is 5.41 Å². The lowest BCUT2D eigenvalue weighted by Gasteiger charge is -2.43. The molecule has 0 amide bonds. The Labute approximate surface area is 75.2 Å². The first-order valence-electron chi connectivity index (χ1n) is 5.04. The van der Waals surface area contributed by atoms with Gasteiger partial charge in [-0.25, -0.2) is 0 Å². The highest BCUT2D eigenvalue weighted by Gasteiger charge is 2.66. The van der Waals surface area contributed by atoms with Crippen molar-refractivity contribution in [3.05, 3.63) is 0 Å². The first-order chi connectivity index (χ1) is 5.31. The van der Waals surface area contributed by atoms with Crippen LogP contribution in [-0.4, -0.2) is 10.7 Å². The molecule has 2 fully saturated rings. The third-order valence-corrected chi connectivity index (χ3v) is 5.27. The van der Waals surface area contributed by atoms with E-state index < -0.39 is 5.60 Å². The molecular formula is C11H20O. The molecule has 1 nitrogen and oxygen atoms in total. The number of hydrogen-bond acceptors (Lipinski definition) is 1. The van der Waals surface area contributed by atoms with Gasteiger partial charge in [-0.2, -0.15) is 0 Å². The fourth-order valence-corrected chi connectivity index (χ4v) is 3.62. The van der Waals surface area contributed by atoms with Crippen LogP contribution in [0.4, 0.5) is 0 Å². The molecule has 0 saturated heterocycles. The van der Waals surface area contributed by atoms with Crippen LogP contribution in [0.3, 0.4) is 0 Å². The van der Waals surface area contributed by atoms with Crippen molar-refractivity contribution in [1.29, 1.82) is 0 Å². The molecule has 2 aliphatic rings. The van der Waals surface area contributed by atoms with E-state index in [1.165, 1.54) is 12.8 Å². The van der Waals surface area contributed by atoms with Crippen molar-refractivity contribution in [1.82, 2.24) is 0 Å². The third-order valence-electron chi connectivity index (χ3n) is 5.27. The van der Waals surface area contributed by atoms with Crippen molar-refractivity contribution in [2.75, 3.05) is 0 Å². The molecule has 1 heteroatoms. The maximum absolute atomic E-state index is 10.3. The Kier molecular flexibility index (Phi) is 1.35. The monoisotopic (exact) mass is 168 g/mol. The summed E-state index contributed by atoms with van der Waals surface area (Å²) in [5.41, 5.74) is 0.0839. The van der Waals surface area contributed by atoms with Gasteiger partial charge in [0.15, 0.2) is 0 Å². The molecule has 12 heavy (non-hydrogen) atoms. The molecule has 3 atom stereocenters. The summed E-state index contributed by atoms with van der Waals surface area (Å²) in [6.07, 6.45) is 3.54. The predicted octanol–water partition coefficient (Wildman–Crippen LogP) is 2.58. The summed E-state index contributed by atoms with van der Waals surface area (Å²) in [5, 5.41) is 10.3. The molecule has 0 aromatic carbocycles. The van der Waals surface area contributed by atoms with Crippen LogP contribution < -0.4 is 0 Å². The van der Waals surface area contributed by atoms with E-state index in [0.29, 0.717) is 5.41 Å².